The zero-order valence-electron chi connectivity index (χ0n) is 22.5. The minimum atomic E-state index is -0.197. The Hall–Kier alpha value is -4.13. The number of para-hydroxylation sites is 3. The first-order chi connectivity index (χ1) is 19.1. The zero-order chi connectivity index (χ0) is 27.0. The Kier molecular flexibility index (Phi) is 8.56. The van der Waals surface area contributed by atoms with Crippen LogP contribution in [-0.2, 0) is 24.3 Å². The van der Waals surface area contributed by atoms with E-state index in [4.69, 9.17) is 9.72 Å². The largest absolute Gasteiger partial charge is 0.496 e. The molecule has 1 aromatic heterocycles. The fourth-order valence-electron chi connectivity index (χ4n) is 5.53. The summed E-state index contributed by atoms with van der Waals surface area (Å²) in [6.45, 7) is 1.23. The van der Waals surface area contributed by atoms with E-state index >= 15 is 0 Å². The molecule has 5 rings (SSSR count). The second kappa shape index (κ2) is 12.6. The van der Waals surface area contributed by atoms with E-state index < -0.39 is 0 Å². The van der Waals surface area contributed by atoms with Crippen LogP contribution in [-0.4, -0.2) is 46.0 Å². The number of carbonyl (C=O) groups excluding carboxylic acids is 2. The van der Waals surface area contributed by atoms with Crippen molar-refractivity contribution >= 4 is 22.8 Å². The first-order valence-corrected chi connectivity index (χ1v) is 13.8. The summed E-state index contributed by atoms with van der Waals surface area (Å²) in [7, 11) is 1.56. The predicted molar refractivity (Wildman–Crippen MR) is 153 cm³/mol. The lowest BCUT2D eigenvalue weighted by Crippen LogP contribution is -2.42. The van der Waals surface area contributed by atoms with E-state index in [1.165, 1.54) is 6.42 Å². The van der Waals surface area contributed by atoms with Gasteiger partial charge in [0.2, 0.25) is 5.91 Å². The van der Waals surface area contributed by atoms with Gasteiger partial charge in [0.1, 0.15) is 18.1 Å². The molecule has 0 saturated heterocycles. The Balaban J connectivity index is 1.35. The van der Waals surface area contributed by atoms with Crippen LogP contribution in [0.4, 0.5) is 0 Å². The van der Waals surface area contributed by atoms with Crippen molar-refractivity contribution in [1.29, 1.82) is 0 Å². The maximum atomic E-state index is 13.9. The molecular weight excluding hydrogens is 488 g/mol. The molecule has 0 radical (unpaired) electrons. The standard InChI is InChI=1S/C32H36N4O3/c1-39-29-19-11-8-16-26(29)32(38)33-21-20-30-34-27-17-9-10-18-28(27)36(30)23-31(37)35(25-14-6-3-7-15-25)22-24-12-4-2-5-13-24/h2,4-5,8-13,16-19,25H,3,6-7,14-15,20-23H2,1H3,(H,33,38). The molecule has 1 aliphatic rings. The van der Waals surface area contributed by atoms with Crippen molar-refractivity contribution in [2.75, 3.05) is 13.7 Å². The molecule has 1 saturated carbocycles. The summed E-state index contributed by atoms with van der Waals surface area (Å²) in [5.41, 5.74) is 3.42. The molecule has 0 aliphatic heterocycles. The molecule has 0 unspecified atom stereocenters. The fraction of sp³-hybridized carbons (Fsp3) is 0.344. The van der Waals surface area contributed by atoms with Crippen molar-refractivity contribution in [2.45, 2.75) is 57.7 Å². The summed E-state index contributed by atoms with van der Waals surface area (Å²) in [6, 6.07) is 25.6. The molecule has 2 amide bonds. The molecule has 1 aliphatic carbocycles. The normalized spacial score (nSPS) is 13.8. The molecule has 39 heavy (non-hydrogen) atoms. The van der Waals surface area contributed by atoms with Crippen LogP contribution in [0.1, 0.15) is 53.8 Å². The average Bonchev–Trinajstić information content (AvgIpc) is 3.33. The third kappa shape index (κ3) is 6.30. The fourth-order valence-corrected chi connectivity index (χ4v) is 5.53. The number of imidazole rings is 1. The number of fused-ring (bicyclic) bond motifs is 1. The highest BCUT2D eigenvalue weighted by molar-refractivity contribution is 5.96. The highest BCUT2D eigenvalue weighted by Gasteiger charge is 2.27. The molecule has 202 valence electrons. The van der Waals surface area contributed by atoms with Crippen molar-refractivity contribution < 1.29 is 14.3 Å². The highest BCUT2D eigenvalue weighted by Crippen LogP contribution is 2.26. The Morgan fingerprint density at radius 2 is 1.67 bits per heavy atom. The topological polar surface area (TPSA) is 76.5 Å². The van der Waals surface area contributed by atoms with Gasteiger partial charge in [0, 0.05) is 25.6 Å². The van der Waals surface area contributed by atoms with E-state index in [0.717, 1.165) is 48.1 Å². The van der Waals surface area contributed by atoms with Crippen molar-refractivity contribution in [3.05, 3.63) is 95.8 Å². The van der Waals surface area contributed by atoms with Crippen molar-refractivity contribution in [2.24, 2.45) is 0 Å². The smallest absolute Gasteiger partial charge is 0.255 e. The van der Waals surface area contributed by atoms with Gasteiger partial charge in [-0.3, -0.25) is 9.59 Å². The van der Waals surface area contributed by atoms with E-state index in [-0.39, 0.29) is 24.4 Å². The number of benzene rings is 3. The van der Waals surface area contributed by atoms with Gasteiger partial charge >= 0.3 is 0 Å². The monoisotopic (exact) mass is 524 g/mol. The summed E-state index contributed by atoms with van der Waals surface area (Å²) in [5.74, 6) is 1.23. The molecule has 0 spiro atoms. The summed E-state index contributed by atoms with van der Waals surface area (Å²) in [6.07, 6.45) is 6.16. The van der Waals surface area contributed by atoms with Gasteiger partial charge in [0.05, 0.1) is 23.7 Å². The summed E-state index contributed by atoms with van der Waals surface area (Å²) < 4.78 is 7.35. The van der Waals surface area contributed by atoms with Crippen LogP contribution < -0.4 is 10.1 Å². The van der Waals surface area contributed by atoms with Crippen LogP contribution in [0.25, 0.3) is 11.0 Å². The second-order valence-corrected chi connectivity index (χ2v) is 10.1. The molecule has 1 N–H and O–H groups in total. The number of hydrogen-bond donors (Lipinski definition) is 1. The minimum absolute atomic E-state index is 0.105. The van der Waals surface area contributed by atoms with Crippen LogP contribution in [0.2, 0.25) is 0 Å². The summed E-state index contributed by atoms with van der Waals surface area (Å²) >= 11 is 0. The third-order valence-electron chi connectivity index (χ3n) is 7.54. The number of amides is 2. The van der Waals surface area contributed by atoms with Gasteiger partial charge in [-0.2, -0.15) is 0 Å². The lowest BCUT2D eigenvalue weighted by molar-refractivity contribution is -0.135. The van der Waals surface area contributed by atoms with E-state index in [9.17, 15) is 9.59 Å². The Morgan fingerprint density at radius 1 is 0.949 bits per heavy atom. The molecule has 7 nitrogen and oxygen atoms in total. The van der Waals surface area contributed by atoms with Gasteiger partial charge in [-0.1, -0.05) is 73.9 Å². The van der Waals surface area contributed by atoms with Crippen LogP contribution in [0.15, 0.2) is 78.9 Å². The highest BCUT2D eigenvalue weighted by atomic mass is 16.5. The van der Waals surface area contributed by atoms with E-state index in [0.29, 0.717) is 30.8 Å². The predicted octanol–water partition coefficient (Wildman–Crippen LogP) is 5.38. The number of carbonyl (C=O) groups is 2. The Bertz CT molecular complexity index is 1410. The maximum Gasteiger partial charge on any atom is 0.255 e. The number of methoxy groups -OCH3 is 1. The number of rotatable bonds is 10. The van der Waals surface area contributed by atoms with Crippen LogP contribution in [0.3, 0.4) is 0 Å². The first-order valence-electron chi connectivity index (χ1n) is 13.8. The molecule has 0 bridgehead atoms. The molecule has 4 aromatic rings. The number of nitrogens with zero attached hydrogens (tertiary/aromatic N) is 3. The van der Waals surface area contributed by atoms with Crippen LogP contribution in [0, 0.1) is 0 Å². The maximum absolute atomic E-state index is 13.9. The van der Waals surface area contributed by atoms with Crippen molar-refractivity contribution in [3.8, 4) is 5.75 Å². The number of nitrogens with one attached hydrogen (secondary N) is 1. The van der Waals surface area contributed by atoms with Crippen LogP contribution in [0.5, 0.6) is 5.75 Å². The lowest BCUT2D eigenvalue weighted by atomic mass is 9.93. The van der Waals surface area contributed by atoms with Crippen molar-refractivity contribution in [1.82, 2.24) is 19.8 Å². The minimum Gasteiger partial charge on any atom is -0.496 e. The molecular formula is C32H36N4O3. The quantitative estimate of drug-likeness (QED) is 0.302. The molecule has 7 heteroatoms. The van der Waals surface area contributed by atoms with Gasteiger partial charge in [0.15, 0.2) is 0 Å². The van der Waals surface area contributed by atoms with Crippen LogP contribution >= 0.6 is 0 Å². The molecule has 1 heterocycles. The second-order valence-electron chi connectivity index (χ2n) is 10.1. The van der Waals surface area contributed by atoms with Gasteiger partial charge in [0.25, 0.3) is 5.91 Å². The summed E-state index contributed by atoms with van der Waals surface area (Å²) in [4.78, 5) is 33.7. The Labute approximate surface area is 229 Å². The van der Waals surface area contributed by atoms with Crippen molar-refractivity contribution in [3.63, 3.8) is 0 Å². The first kappa shape index (κ1) is 26.5. The number of ether oxygens (including phenoxy) is 1. The number of hydrogen-bond acceptors (Lipinski definition) is 4. The molecule has 3 aromatic carbocycles. The van der Waals surface area contributed by atoms with E-state index in [1.54, 1.807) is 19.2 Å². The lowest BCUT2D eigenvalue weighted by Gasteiger charge is -2.35. The summed E-state index contributed by atoms with van der Waals surface area (Å²) in [5, 5.41) is 2.99. The number of aromatic nitrogens is 2. The van der Waals surface area contributed by atoms with Gasteiger partial charge < -0.3 is 19.5 Å². The third-order valence-corrected chi connectivity index (χ3v) is 7.54. The molecule has 0 atom stereocenters. The SMILES string of the molecule is COc1ccccc1C(=O)NCCc1nc2ccccc2n1CC(=O)N(Cc1ccccc1)C1CCCCC1. The van der Waals surface area contributed by atoms with Gasteiger partial charge in [-0.25, -0.2) is 4.98 Å². The van der Waals surface area contributed by atoms with Gasteiger partial charge in [-0.05, 0) is 42.7 Å². The average molecular weight is 525 g/mol. The Morgan fingerprint density at radius 3 is 2.46 bits per heavy atom. The molecule has 1 fully saturated rings. The van der Waals surface area contributed by atoms with E-state index in [1.807, 2.05) is 59.2 Å². The zero-order valence-corrected chi connectivity index (χ0v) is 22.5. The van der Waals surface area contributed by atoms with E-state index in [2.05, 4.69) is 22.3 Å². The van der Waals surface area contributed by atoms with Gasteiger partial charge in [-0.15, -0.1) is 0 Å².